The zero-order chi connectivity index (χ0) is 18.5. The number of piperazine rings is 1. The van der Waals surface area contributed by atoms with Gasteiger partial charge in [-0.25, -0.2) is 0 Å². The molecule has 1 aliphatic heterocycles. The first-order valence-electron chi connectivity index (χ1n) is 9.51. The third-order valence-corrected chi connectivity index (χ3v) is 5.22. The molecule has 0 unspecified atom stereocenters. The van der Waals surface area contributed by atoms with E-state index in [0.29, 0.717) is 0 Å². The fourth-order valence-corrected chi connectivity index (χ4v) is 3.83. The van der Waals surface area contributed by atoms with Crippen molar-refractivity contribution in [1.29, 1.82) is 0 Å². The quantitative estimate of drug-likeness (QED) is 0.644. The normalized spacial score (nSPS) is 14.5. The maximum absolute atomic E-state index is 12.7. The Morgan fingerprint density at radius 3 is 1.54 bits per heavy atom. The van der Waals surface area contributed by atoms with Crippen molar-refractivity contribution < 1.29 is 4.79 Å². The van der Waals surface area contributed by atoms with Gasteiger partial charge in [0.2, 0.25) is 0 Å². The van der Waals surface area contributed by atoms with Gasteiger partial charge in [-0.15, -0.1) is 12.4 Å². The summed E-state index contributed by atoms with van der Waals surface area (Å²) in [6.07, 6.45) is 0. The first kappa shape index (κ1) is 20.1. The van der Waals surface area contributed by atoms with Crippen LogP contribution in [0.4, 0.5) is 0 Å². The first-order chi connectivity index (χ1) is 13.3. The number of carbonyl (C=O) groups excluding carboxylic acids is 1. The summed E-state index contributed by atoms with van der Waals surface area (Å²) in [4.78, 5) is 17.2. The summed E-state index contributed by atoms with van der Waals surface area (Å²) in [6.45, 7) is 3.24. The predicted molar refractivity (Wildman–Crippen MR) is 116 cm³/mol. The third kappa shape index (κ3) is 4.44. The Balaban J connectivity index is 0.00000225. The molecule has 0 atom stereocenters. The SMILES string of the molecule is Cl.O=C(c1ccccc1)N1CCN(C(c2ccccc2)c2ccccc2)CC1. The zero-order valence-electron chi connectivity index (χ0n) is 15.8. The summed E-state index contributed by atoms with van der Waals surface area (Å²) >= 11 is 0. The second kappa shape index (κ2) is 9.54. The van der Waals surface area contributed by atoms with Crippen LogP contribution in [-0.4, -0.2) is 41.9 Å². The summed E-state index contributed by atoms with van der Waals surface area (Å²) in [5.74, 6) is 0.131. The number of nitrogens with zero attached hydrogens (tertiary/aromatic N) is 2. The molecule has 1 heterocycles. The molecular weight excluding hydrogens is 368 g/mol. The molecule has 0 radical (unpaired) electrons. The average molecular weight is 393 g/mol. The lowest BCUT2D eigenvalue weighted by Crippen LogP contribution is -2.49. The Hall–Kier alpha value is -2.62. The van der Waals surface area contributed by atoms with E-state index in [4.69, 9.17) is 0 Å². The Morgan fingerprint density at radius 1 is 0.643 bits per heavy atom. The van der Waals surface area contributed by atoms with Crippen LogP contribution in [0.1, 0.15) is 27.5 Å². The van der Waals surface area contributed by atoms with Gasteiger partial charge in [-0.3, -0.25) is 9.69 Å². The molecule has 28 heavy (non-hydrogen) atoms. The highest BCUT2D eigenvalue weighted by Gasteiger charge is 2.28. The number of carbonyl (C=O) groups is 1. The number of hydrogen-bond acceptors (Lipinski definition) is 2. The van der Waals surface area contributed by atoms with Gasteiger partial charge in [-0.1, -0.05) is 78.9 Å². The van der Waals surface area contributed by atoms with Crippen LogP contribution in [0.2, 0.25) is 0 Å². The highest BCUT2D eigenvalue weighted by molar-refractivity contribution is 5.94. The standard InChI is InChI=1S/C24H24N2O.ClH/c27-24(22-14-8-3-9-15-22)26-18-16-25(17-19-26)23(20-10-4-1-5-11-20)21-12-6-2-7-13-21;/h1-15,23H,16-19H2;1H. The minimum Gasteiger partial charge on any atom is -0.336 e. The van der Waals surface area contributed by atoms with E-state index in [9.17, 15) is 4.79 Å². The number of amides is 1. The topological polar surface area (TPSA) is 23.6 Å². The minimum absolute atomic E-state index is 0. The summed E-state index contributed by atoms with van der Waals surface area (Å²) < 4.78 is 0. The second-order valence-corrected chi connectivity index (χ2v) is 6.92. The van der Waals surface area contributed by atoms with E-state index in [1.165, 1.54) is 11.1 Å². The lowest BCUT2D eigenvalue weighted by Gasteiger charge is -2.39. The van der Waals surface area contributed by atoms with Crippen LogP contribution in [-0.2, 0) is 0 Å². The highest BCUT2D eigenvalue weighted by Crippen LogP contribution is 2.29. The van der Waals surface area contributed by atoms with E-state index in [1.807, 2.05) is 35.2 Å². The van der Waals surface area contributed by atoms with Gasteiger partial charge in [0.1, 0.15) is 0 Å². The molecule has 144 valence electrons. The number of benzene rings is 3. The summed E-state index contributed by atoms with van der Waals surface area (Å²) in [6, 6.07) is 31.1. The van der Waals surface area contributed by atoms with Crippen LogP contribution in [0, 0.1) is 0 Å². The fourth-order valence-electron chi connectivity index (χ4n) is 3.83. The lowest BCUT2D eigenvalue weighted by atomic mass is 9.96. The fraction of sp³-hybridized carbons (Fsp3) is 0.208. The van der Waals surface area contributed by atoms with Crippen molar-refractivity contribution in [1.82, 2.24) is 9.80 Å². The molecule has 1 amide bonds. The van der Waals surface area contributed by atoms with Crippen molar-refractivity contribution in [2.75, 3.05) is 26.2 Å². The molecular formula is C24H25ClN2O. The average Bonchev–Trinajstić information content (AvgIpc) is 2.76. The van der Waals surface area contributed by atoms with Crippen molar-refractivity contribution in [2.45, 2.75) is 6.04 Å². The molecule has 4 rings (SSSR count). The molecule has 1 aliphatic rings. The smallest absolute Gasteiger partial charge is 0.253 e. The van der Waals surface area contributed by atoms with E-state index < -0.39 is 0 Å². The van der Waals surface area contributed by atoms with Gasteiger partial charge in [0.05, 0.1) is 6.04 Å². The molecule has 0 spiro atoms. The monoisotopic (exact) mass is 392 g/mol. The van der Waals surface area contributed by atoms with E-state index >= 15 is 0 Å². The summed E-state index contributed by atoms with van der Waals surface area (Å²) in [5.41, 5.74) is 3.37. The highest BCUT2D eigenvalue weighted by atomic mass is 35.5. The van der Waals surface area contributed by atoms with Gasteiger partial charge in [-0.05, 0) is 23.3 Å². The Kier molecular flexibility index (Phi) is 6.85. The molecule has 4 heteroatoms. The minimum atomic E-state index is 0. The van der Waals surface area contributed by atoms with Crippen molar-refractivity contribution >= 4 is 18.3 Å². The molecule has 3 aromatic carbocycles. The van der Waals surface area contributed by atoms with Gasteiger partial charge in [0.15, 0.2) is 0 Å². The molecule has 0 aromatic heterocycles. The third-order valence-electron chi connectivity index (χ3n) is 5.22. The Bertz CT molecular complexity index is 823. The van der Waals surface area contributed by atoms with Crippen molar-refractivity contribution in [2.24, 2.45) is 0 Å². The van der Waals surface area contributed by atoms with Gasteiger partial charge >= 0.3 is 0 Å². The van der Waals surface area contributed by atoms with Gasteiger partial charge in [0.25, 0.3) is 5.91 Å². The number of halogens is 1. The molecule has 0 bridgehead atoms. The van der Waals surface area contributed by atoms with Gasteiger partial charge in [-0.2, -0.15) is 0 Å². The summed E-state index contributed by atoms with van der Waals surface area (Å²) in [5, 5.41) is 0. The second-order valence-electron chi connectivity index (χ2n) is 6.92. The largest absolute Gasteiger partial charge is 0.336 e. The maximum atomic E-state index is 12.7. The van der Waals surface area contributed by atoms with E-state index in [1.54, 1.807) is 0 Å². The molecule has 0 aliphatic carbocycles. The molecule has 0 saturated carbocycles. The molecule has 0 N–H and O–H groups in total. The van der Waals surface area contributed by atoms with Crippen LogP contribution >= 0.6 is 12.4 Å². The predicted octanol–water partition coefficient (Wildman–Crippen LogP) is 4.66. The van der Waals surface area contributed by atoms with Gasteiger partial charge in [0, 0.05) is 31.7 Å². The zero-order valence-corrected chi connectivity index (χ0v) is 16.6. The Morgan fingerprint density at radius 2 is 1.07 bits per heavy atom. The van der Waals surface area contributed by atoms with E-state index in [0.717, 1.165) is 31.7 Å². The summed E-state index contributed by atoms with van der Waals surface area (Å²) in [7, 11) is 0. The number of rotatable bonds is 4. The van der Waals surface area contributed by atoms with Crippen LogP contribution in [0.15, 0.2) is 91.0 Å². The lowest BCUT2D eigenvalue weighted by molar-refractivity contribution is 0.0597. The van der Waals surface area contributed by atoms with Crippen molar-refractivity contribution in [3.8, 4) is 0 Å². The van der Waals surface area contributed by atoms with Crippen LogP contribution < -0.4 is 0 Å². The molecule has 3 aromatic rings. The maximum Gasteiger partial charge on any atom is 0.253 e. The van der Waals surface area contributed by atoms with E-state index in [2.05, 4.69) is 65.6 Å². The molecule has 1 fully saturated rings. The van der Waals surface area contributed by atoms with Crippen LogP contribution in [0.5, 0.6) is 0 Å². The van der Waals surface area contributed by atoms with Crippen molar-refractivity contribution in [3.63, 3.8) is 0 Å². The van der Waals surface area contributed by atoms with Crippen LogP contribution in [0.25, 0.3) is 0 Å². The van der Waals surface area contributed by atoms with E-state index in [-0.39, 0.29) is 24.4 Å². The first-order valence-corrected chi connectivity index (χ1v) is 9.51. The Labute approximate surface area is 173 Å². The van der Waals surface area contributed by atoms with Gasteiger partial charge < -0.3 is 4.90 Å². The number of hydrogen-bond donors (Lipinski definition) is 0. The molecule has 1 saturated heterocycles. The van der Waals surface area contributed by atoms with Crippen molar-refractivity contribution in [3.05, 3.63) is 108 Å². The molecule has 3 nitrogen and oxygen atoms in total. The van der Waals surface area contributed by atoms with Crippen LogP contribution in [0.3, 0.4) is 0 Å².